The second-order valence-corrected chi connectivity index (χ2v) is 6.04. The largest absolute Gasteiger partial charge is 0.104 e. The van der Waals surface area contributed by atoms with E-state index >= 15 is 0 Å². The zero-order valence-electron chi connectivity index (χ0n) is 7.27. The Morgan fingerprint density at radius 1 is 1.40 bits per heavy atom. The molecule has 0 saturated carbocycles. The van der Waals surface area contributed by atoms with Crippen molar-refractivity contribution < 1.29 is 0 Å². The van der Waals surface area contributed by atoms with E-state index in [1.165, 1.54) is 24.9 Å². The van der Waals surface area contributed by atoms with Gasteiger partial charge in [-0.05, 0) is 37.2 Å². The average Bonchev–Trinajstić information content (AvgIpc) is 1.88. The van der Waals surface area contributed by atoms with Crippen LogP contribution in [0.15, 0.2) is 0 Å². The third kappa shape index (κ3) is 1.95. The predicted molar refractivity (Wildman–Crippen MR) is 50.3 cm³/mol. The summed E-state index contributed by atoms with van der Waals surface area (Å²) in [6, 6.07) is 0. The van der Waals surface area contributed by atoms with E-state index < -0.39 is 0 Å². The van der Waals surface area contributed by atoms with Gasteiger partial charge in [-0.25, -0.2) is 0 Å². The second kappa shape index (κ2) is 4.34. The molecule has 0 spiro atoms. The van der Waals surface area contributed by atoms with Gasteiger partial charge in [0, 0.05) is 0 Å². The Labute approximate surface area is 66.2 Å². The topological polar surface area (TPSA) is 0 Å². The van der Waals surface area contributed by atoms with E-state index in [0.717, 1.165) is 0 Å². The molecular weight excluding hydrogens is 139 g/mol. The van der Waals surface area contributed by atoms with Crippen molar-refractivity contribution in [3.05, 3.63) is 0 Å². The standard InChI is InChI=1S/C9H19P/c1-3-5-7-10-8-6-9(10)4-2/h9H,3-8H2,1-2H3/t9-,10?/m1/s1. The van der Waals surface area contributed by atoms with Crippen LogP contribution in [0.1, 0.15) is 39.5 Å². The second-order valence-electron chi connectivity index (χ2n) is 3.24. The van der Waals surface area contributed by atoms with Crippen LogP contribution in [-0.2, 0) is 0 Å². The van der Waals surface area contributed by atoms with Gasteiger partial charge in [-0.1, -0.05) is 20.3 Å². The van der Waals surface area contributed by atoms with Gasteiger partial charge in [0.1, 0.15) is 0 Å². The van der Waals surface area contributed by atoms with Gasteiger partial charge >= 0.3 is 0 Å². The summed E-state index contributed by atoms with van der Waals surface area (Å²) in [5, 5.41) is 0. The number of unbranched alkanes of at least 4 members (excludes halogenated alkanes) is 1. The summed E-state index contributed by atoms with van der Waals surface area (Å²) in [5.41, 5.74) is 1.17. The molecule has 10 heavy (non-hydrogen) atoms. The lowest BCUT2D eigenvalue weighted by Crippen LogP contribution is -2.20. The zero-order valence-corrected chi connectivity index (χ0v) is 8.16. The maximum atomic E-state index is 2.35. The SMILES string of the molecule is CCCCP1CC[C@H]1CC. The van der Waals surface area contributed by atoms with Crippen LogP contribution in [0.4, 0.5) is 0 Å². The predicted octanol–water partition coefficient (Wildman–Crippen LogP) is 3.45. The monoisotopic (exact) mass is 158 g/mol. The van der Waals surface area contributed by atoms with Gasteiger partial charge in [0.15, 0.2) is 0 Å². The first-order valence-electron chi connectivity index (χ1n) is 4.62. The summed E-state index contributed by atoms with van der Waals surface area (Å²) in [6.45, 7) is 4.65. The van der Waals surface area contributed by atoms with Gasteiger partial charge in [0.05, 0.1) is 0 Å². The summed E-state index contributed by atoms with van der Waals surface area (Å²) in [5.74, 6) is 0. The van der Waals surface area contributed by atoms with E-state index in [-0.39, 0.29) is 0 Å². The van der Waals surface area contributed by atoms with E-state index in [1.807, 2.05) is 0 Å². The minimum absolute atomic E-state index is 0.533. The molecule has 1 unspecified atom stereocenters. The Morgan fingerprint density at radius 3 is 2.60 bits per heavy atom. The fourth-order valence-corrected chi connectivity index (χ4v) is 4.43. The zero-order chi connectivity index (χ0) is 7.40. The summed E-state index contributed by atoms with van der Waals surface area (Å²) in [6.07, 6.45) is 9.05. The lowest BCUT2D eigenvalue weighted by molar-refractivity contribution is 0.720. The fourth-order valence-electron chi connectivity index (χ4n) is 1.61. The first-order valence-corrected chi connectivity index (χ1v) is 6.40. The van der Waals surface area contributed by atoms with Crippen LogP contribution in [0, 0.1) is 0 Å². The Bertz CT molecular complexity index is 88.7. The third-order valence-electron chi connectivity index (χ3n) is 2.54. The normalized spacial score (nSPS) is 31.8. The van der Waals surface area contributed by atoms with Crippen LogP contribution < -0.4 is 0 Å². The molecule has 0 bridgehead atoms. The molecule has 0 amide bonds. The molecule has 1 heterocycles. The van der Waals surface area contributed by atoms with Crippen LogP contribution in [0.5, 0.6) is 0 Å². The van der Waals surface area contributed by atoms with E-state index in [2.05, 4.69) is 13.8 Å². The van der Waals surface area contributed by atoms with Gasteiger partial charge in [-0.15, -0.1) is 7.92 Å². The highest BCUT2D eigenvalue weighted by molar-refractivity contribution is 7.60. The minimum atomic E-state index is 0.533. The highest BCUT2D eigenvalue weighted by atomic mass is 31.1. The molecule has 1 saturated heterocycles. The van der Waals surface area contributed by atoms with Crippen molar-refractivity contribution in [3.63, 3.8) is 0 Å². The van der Waals surface area contributed by atoms with Gasteiger partial charge in [0.2, 0.25) is 0 Å². The molecule has 0 nitrogen and oxygen atoms in total. The molecule has 1 fully saturated rings. The molecule has 0 aromatic carbocycles. The Balaban J connectivity index is 2.05. The van der Waals surface area contributed by atoms with Crippen LogP contribution >= 0.6 is 7.92 Å². The van der Waals surface area contributed by atoms with Gasteiger partial charge in [-0.3, -0.25) is 0 Å². The van der Waals surface area contributed by atoms with Gasteiger partial charge in [-0.2, -0.15) is 0 Å². The minimum Gasteiger partial charge on any atom is -0.104 e. The van der Waals surface area contributed by atoms with Gasteiger partial charge in [0.25, 0.3) is 0 Å². The molecule has 0 radical (unpaired) electrons. The molecular formula is C9H19P. The first kappa shape index (κ1) is 8.53. The van der Waals surface area contributed by atoms with E-state index in [0.29, 0.717) is 7.92 Å². The van der Waals surface area contributed by atoms with Crippen LogP contribution in [-0.4, -0.2) is 18.0 Å². The average molecular weight is 158 g/mol. The molecule has 1 aliphatic heterocycles. The lowest BCUT2D eigenvalue weighted by atomic mass is 10.2. The third-order valence-corrected chi connectivity index (χ3v) is 5.92. The van der Waals surface area contributed by atoms with Crippen molar-refractivity contribution in [2.45, 2.75) is 45.2 Å². The lowest BCUT2D eigenvalue weighted by Gasteiger charge is -2.36. The van der Waals surface area contributed by atoms with Crippen molar-refractivity contribution in [1.82, 2.24) is 0 Å². The molecule has 1 aliphatic rings. The fraction of sp³-hybridized carbons (Fsp3) is 1.00. The Kier molecular flexibility index (Phi) is 3.70. The van der Waals surface area contributed by atoms with Crippen molar-refractivity contribution in [3.8, 4) is 0 Å². The van der Waals surface area contributed by atoms with Crippen molar-refractivity contribution >= 4 is 7.92 Å². The first-order chi connectivity index (χ1) is 4.88. The summed E-state index contributed by atoms with van der Waals surface area (Å²) < 4.78 is 0. The molecule has 60 valence electrons. The molecule has 0 aromatic heterocycles. The quantitative estimate of drug-likeness (QED) is 0.550. The molecule has 2 atom stereocenters. The van der Waals surface area contributed by atoms with Gasteiger partial charge < -0.3 is 0 Å². The van der Waals surface area contributed by atoms with Crippen molar-refractivity contribution in [1.29, 1.82) is 0 Å². The molecule has 1 rings (SSSR count). The van der Waals surface area contributed by atoms with E-state index in [9.17, 15) is 0 Å². The van der Waals surface area contributed by atoms with Crippen molar-refractivity contribution in [2.24, 2.45) is 0 Å². The summed E-state index contributed by atoms with van der Waals surface area (Å²) >= 11 is 0. The van der Waals surface area contributed by atoms with Crippen LogP contribution in [0.25, 0.3) is 0 Å². The van der Waals surface area contributed by atoms with Crippen molar-refractivity contribution in [2.75, 3.05) is 12.3 Å². The highest BCUT2D eigenvalue weighted by Gasteiger charge is 2.27. The number of hydrogen-bond donors (Lipinski definition) is 0. The molecule has 1 heteroatoms. The Hall–Kier alpha value is 0.430. The maximum Gasteiger partial charge on any atom is -0.0208 e. The highest BCUT2D eigenvalue weighted by Crippen LogP contribution is 2.54. The molecule has 0 aliphatic carbocycles. The van der Waals surface area contributed by atoms with Crippen LogP contribution in [0.3, 0.4) is 0 Å². The maximum absolute atomic E-state index is 2.35. The summed E-state index contributed by atoms with van der Waals surface area (Å²) in [4.78, 5) is 0. The Morgan fingerprint density at radius 2 is 2.20 bits per heavy atom. The van der Waals surface area contributed by atoms with Crippen LogP contribution in [0.2, 0.25) is 0 Å². The van der Waals surface area contributed by atoms with E-state index in [1.54, 1.807) is 18.7 Å². The number of hydrogen-bond acceptors (Lipinski definition) is 0. The smallest absolute Gasteiger partial charge is 0.0208 e. The molecule has 0 aromatic rings. The molecule has 0 N–H and O–H groups in total. The number of rotatable bonds is 4. The van der Waals surface area contributed by atoms with E-state index in [4.69, 9.17) is 0 Å². The summed E-state index contributed by atoms with van der Waals surface area (Å²) in [7, 11) is 0.533.